The summed E-state index contributed by atoms with van der Waals surface area (Å²) in [6.45, 7) is 4.47. The largest absolute Gasteiger partial charge is 0.462 e. The predicted molar refractivity (Wildman–Crippen MR) is 89.5 cm³/mol. The number of benzene rings is 1. The van der Waals surface area contributed by atoms with E-state index in [9.17, 15) is 14.4 Å². The smallest absolute Gasteiger partial charge is 0.338 e. The van der Waals surface area contributed by atoms with Crippen molar-refractivity contribution in [2.45, 2.75) is 26.4 Å². The molecule has 0 fully saturated rings. The molecule has 0 spiro atoms. The molecule has 2 N–H and O–H groups in total. The topological polar surface area (TPSA) is 102 Å². The van der Waals surface area contributed by atoms with Crippen LogP contribution in [-0.2, 0) is 11.3 Å². The van der Waals surface area contributed by atoms with Gasteiger partial charge in [0.05, 0.1) is 18.5 Å². The summed E-state index contributed by atoms with van der Waals surface area (Å²) in [6, 6.07) is 6.29. The number of amides is 2. The van der Waals surface area contributed by atoms with Crippen molar-refractivity contribution in [3.8, 4) is 0 Å². The van der Waals surface area contributed by atoms with Crippen molar-refractivity contribution >= 4 is 23.5 Å². The van der Waals surface area contributed by atoms with Gasteiger partial charge in [0.1, 0.15) is 5.69 Å². The minimum Gasteiger partial charge on any atom is -0.462 e. The van der Waals surface area contributed by atoms with E-state index < -0.39 is 11.9 Å². The Kier molecular flexibility index (Phi) is 4.51. The SMILES string of the molecule is CCOC(=O)c1ccc(NC(=O)c2ncn3c2C(=O)N[C@@H](C)C3)cc1. The van der Waals surface area contributed by atoms with Crippen LogP contribution in [0, 0.1) is 0 Å². The Hall–Kier alpha value is -3.16. The zero-order chi connectivity index (χ0) is 18.0. The van der Waals surface area contributed by atoms with Gasteiger partial charge >= 0.3 is 5.97 Å². The summed E-state index contributed by atoms with van der Waals surface area (Å²) < 4.78 is 6.58. The first-order valence-electron chi connectivity index (χ1n) is 7.94. The molecule has 1 aromatic heterocycles. The number of anilines is 1. The number of nitrogens with one attached hydrogen (secondary N) is 2. The van der Waals surface area contributed by atoms with E-state index in [0.717, 1.165) is 0 Å². The number of aromatic nitrogens is 2. The van der Waals surface area contributed by atoms with Crippen molar-refractivity contribution in [1.29, 1.82) is 0 Å². The highest BCUT2D eigenvalue weighted by Crippen LogP contribution is 2.16. The monoisotopic (exact) mass is 342 g/mol. The number of fused-ring (bicyclic) bond motifs is 1. The molecule has 1 aromatic carbocycles. The summed E-state index contributed by atoms with van der Waals surface area (Å²) >= 11 is 0. The normalized spacial score (nSPS) is 15.9. The average Bonchev–Trinajstić information content (AvgIpc) is 3.00. The molecule has 0 unspecified atom stereocenters. The minimum absolute atomic E-state index is 0.0134. The number of hydrogen-bond acceptors (Lipinski definition) is 5. The molecule has 8 heteroatoms. The van der Waals surface area contributed by atoms with Gasteiger partial charge in [-0.3, -0.25) is 9.59 Å². The molecule has 0 bridgehead atoms. The third-order valence-corrected chi connectivity index (χ3v) is 3.77. The third kappa shape index (κ3) is 3.37. The molecule has 1 atom stereocenters. The van der Waals surface area contributed by atoms with Crippen LogP contribution in [0.25, 0.3) is 0 Å². The standard InChI is InChI=1S/C17H18N4O4/c1-3-25-17(24)11-4-6-12(7-5-11)20-15(22)13-14-16(23)19-10(2)8-21(14)9-18-13/h4-7,9-10H,3,8H2,1-2H3,(H,19,23)(H,20,22)/t10-/m0/s1. The van der Waals surface area contributed by atoms with Crippen molar-refractivity contribution in [3.05, 3.63) is 47.5 Å². The van der Waals surface area contributed by atoms with Crippen LogP contribution in [0.4, 0.5) is 5.69 Å². The van der Waals surface area contributed by atoms with Crippen LogP contribution >= 0.6 is 0 Å². The van der Waals surface area contributed by atoms with Crippen molar-refractivity contribution in [2.24, 2.45) is 0 Å². The van der Waals surface area contributed by atoms with Crippen molar-refractivity contribution in [2.75, 3.05) is 11.9 Å². The van der Waals surface area contributed by atoms with Crippen LogP contribution in [0.5, 0.6) is 0 Å². The number of esters is 1. The molecule has 0 aliphatic carbocycles. The van der Waals surface area contributed by atoms with Gasteiger partial charge in [0.15, 0.2) is 5.69 Å². The summed E-state index contributed by atoms with van der Waals surface area (Å²) in [5, 5.41) is 5.46. The quantitative estimate of drug-likeness (QED) is 0.819. The fraction of sp³-hybridized carbons (Fsp3) is 0.294. The van der Waals surface area contributed by atoms with E-state index in [0.29, 0.717) is 24.4 Å². The zero-order valence-corrected chi connectivity index (χ0v) is 13.9. The maximum atomic E-state index is 12.4. The number of imidazole rings is 1. The van der Waals surface area contributed by atoms with Gasteiger partial charge < -0.3 is 19.9 Å². The molecule has 0 saturated carbocycles. The van der Waals surface area contributed by atoms with E-state index in [2.05, 4.69) is 15.6 Å². The number of ether oxygens (including phenoxy) is 1. The van der Waals surface area contributed by atoms with E-state index in [1.807, 2.05) is 6.92 Å². The lowest BCUT2D eigenvalue weighted by atomic mass is 10.2. The summed E-state index contributed by atoms with van der Waals surface area (Å²) in [5.74, 6) is -1.23. The number of carbonyl (C=O) groups is 3. The van der Waals surface area contributed by atoms with Gasteiger partial charge in [-0.15, -0.1) is 0 Å². The van der Waals surface area contributed by atoms with E-state index in [1.165, 1.54) is 6.33 Å². The summed E-state index contributed by atoms with van der Waals surface area (Å²) in [5.41, 5.74) is 1.20. The lowest BCUT2D eigenvalue weighted by Gasteiger charge is -2.22. The third-order valence-electron chi connectivity index (χ3n) is 3.77. The van der Waals surface area contributed by atoms with Gasteiger partial charge in [-0.25, -0.2) is 9.78 Å². The molecule has 2 aromatic rings. The zero-order valence-electron chi connectivity index (χ0n) is 13.9. The van der Waals surface area contributed by atoms with Crippen molar-refractivity contribution in [3.63, 3.8) is 0 Å². The molecular formula is C17H18N4O4. The molecule has 130 valence electrons. The second-order valence-corrected chi connectivity index (χ2v) is 5.72. The maximum Gasteiger partial charge on any atom is 0.338 e. The molecular weight excluding hydrogens is 324 g/mol. The number of carbonyl (C=O) groups excluding carboxylic acids is 3. The minimum atomic E-state index is -0.484. The molecule has 1 aliphatic heterocycles. The molecule has 3 rings (SSSR count). The van der Waals surface area contributed by atoms with E-state index >= 15 is 0 Å². The summed E-state index contributed by atoms with van der Waals surface area (Å²) in [6.07, 6.45) is 1.49. The van der Waals surface area contributed by atoms with Crippen LogP contribution in [0.15, 0.2) is 30.6 Å². The Bertz CT molecular complexity index is 826. The number of nitrogens with zero attached hydrogens (tertiary/aromatic N) is 2. The van der Waals surface area contributed by atoms with Gasteiger partial charge in [0.2, 0.25) is 0 Å². The Labute approximate surface area is 144 Å². The first-order valence-corrected chi connectivity index (χ1v) is 7.94. The van der Waals surface area contributed by atoms with Crippen molar-refractivity contribution < 1.29 is 19.1 Å². The number of hydrogen-bond donors (Lipinski definition) is 2. The van der Waals surface area contributed by atoms with E-state index in [4.69, 9.17) is 4.74 Å². The Morgan fingerprint density at radius 2 is 2.08 bits per heavy atom. The Morgan fingerprint density at radius 3 is 2.76 bits per heavy atom. The Balaban J connectivity index is 1.75. The lowest BCUT2D eigenvalue weighted by molar-refractivity contribution is 0.0526. The van der Waals surface area contributed by atoms with E-state index in [1.54, 1.807) is 35.8 Å². The van der Waals surface area contributed by atoms with E-state index in [-0.39, 0.29) is 23.3 Å². The lowest BCUT2D eigenvalue weighted by Crippen LogP contribution is -2.42. The summed E-state index contributed by atoms with van der Waals surface area (Å²) in [7, 11) is 0. The average molecular weight is 342 g/mol. The number of rotatable bonds is 4. The predicted octanol–water partition coefficient (Wildman–Crippen LogP) is 1.44. The van der Waals surface area contributed by atoms with Gasteiger partial charge in [0, 0.05) is 18.3 Å². The fourth-order valence-electron chi connectivity index (χ4n) is 2.65. The van der Waals surface area contributed by atoms with Crippen molar-refractivity contribution in [1.82, 2.24) is 14.9 Å². The first kappa shape index (κ1) is 16.7. The molecule has 8 nitrogen and oxygen atoms in total. The highest BCUT2D eigenvalue weighted by Gasteiger charge is 2.28. The van der Waals surface area contributed by atoms with Gasteiger partial charge in [-0.2, -0.15) is 0 Å². The maximum absolute atomic E-state index is 12.4. The highest BCUT2D eigenvalue weighted by atomic mass is 16.5. The van der Waals surface area contributed by atoms with Crippen LogP contribution in [0.3, 0.4) is 0 Å². The highest BCUT2D eigenvalue weighted by molar-refractivity contribution is 6.10. The molecule has 2 heterocycles. The first-order chi connectivity index (χ1) is 12.0. The summed E-state index contributed by atoms with van der Waals surface area (Å²) in [4.78, 5) is 40.2. The molecule has 25 heavy (non-hydrogen) atoms. The molecule has 1 aliphatic rings. The van der Waals surface area contributed by atoms with Crippen LogP contribution < -0.4 is 10.6 Å². The molecule has 2 amide bonds. The molecule has 0 radical (unpaired) electrons. The van der Waals surface area contributed by atoms with Crippen LogP contribution in [0.1, 0.15) is 45.2 Å². The van der Waals surface area contributed by atoms with Gasteiger partial charge in [-0.1, -0.05) is 0 Å². The van der Waals surface area contributed by atoms with Crippen LogP contribution in [0.2, 0.25) is 0 Å². The van der Waals surface area contributed by atoms with Gasteiger partial charge in [0.25, 0.3) is 11.8 Å². The second-order valence-electron chi connectivity index (χ2n) is 5.72. The van der Waals surface area contributed by atoms with Gasteiger partial charge in [-0.05, 0) is 38.1 Å². The second kappa shape index (κ2) is 6.76. The fourth-order valence-corrected chi connectivity index (χ4v) is 2.65. The Morgan fingerprint density at radius 1 is 1.36 bits per heavy atom. The molecule has 0 saturated heterocycles. The van der Waals surface area contributed by atoms with Crippen LogP contribution in [-0.4, -0.2) is 40.0 Å².